The van der Waals surface area contributed by atoms with E-state index in [-0.39, 0.29) is 24.7 Å². The van der Waals surface area contributed by atoms with Gasteiger partial charge < -0.3 is 15.2 Å². The Labute approximate surface area is 83.4 Å². The average Bonchev–Trinajstić information content (AvgIpc) is 2.10. The molecule has 0 bridgehead atoms. The number of carbonyl (C=O) groups excluding carboxylic acids is 2. The minimum Gasteiger partial charge on any atom is -0.394 e. The van der Waals surface area contributed by atoms with Gasteiger partial charge in [0, 0.05) is 13.2 Å². The van der Waals surface area contributed by atoms with Crippen LogP contribution in [0.15, 0.2) is 0 Å². The minimum atomic E-state index is -0.250. The monoisotopic (exact) mass is 203 g/mol. The number of aliphatic hydroxyl groups excluding tert-OH is 1. The molecule has 0 saturated heterocycles. The van der Waals surface area contributed by atoms with Crippen molar-refractivity contribution in [1.82, 2.24) is 5.32 Å². The SMILES string of the molecule is CC(=O)CC(=O)NCCCOCCO. The van der Waals surface area contributed by atoms with Crippen molar-refractivity contribution in [3.05, 3.63) is 0 Å². The van der Waals surface area contributed by atoms with E-state index >= 15 is 0 Å². The van der Waals surface area contributed by atoms with Crippen molar-refractivity contribution in [2.24, 2.45) is 0 Å². The van der Waals surface area contributed by atoms with Crippen molar-refractivity contribution in [3.63, 3.8) is 0 Å². The van der Waals surface area contributed by atoms with E-state index in [0.717, 1.165) is 0 Å². The fourth-order valence-electron chi connectivity index (χ4n) is 0.857. The van der Waals surface area contributed by atoms with Gasteiger partial charge in [-0.1, -0.05) is 0 Å². The zero-order chi connectivity index (χ0) is 10.8. The first kappa shape index (κ1) is 13.1. The lowest BCUT2D eigenvalue weighted by Gasteiger charge is -2.04. The van der Waals surface area contributed by atoms with E-state index in [1.54, 1.807) is 0 Å². The summed E-state index contributed by atoms with van der Waals surface area (Å²) in [5, 5.41) is 11.0. The quantitative estimate of drug-likeness (QED) is 0.411. The molecular formula is C9H17NO4. The number of hydrogen-bond acceptors (Lipinski definition) is 4. The summed E-state index contributed by atoms with van der Waals surface area (Å²) in [6, 6.07) is 0. The van der Waals surface area contributed by atoms with Gasteiger partial charge in [0.1, 0.15) is 5.78 Å². The molecule has 0 aromatic heterocycles. The van der Waals surface area contributed by atoms with Crippen LogP contribution in [0.4, 0.5) is 0 Å². The molecule has 0 fully saturated rings. The molecule has 5 heteroatoms. The zero-order valence-corrected chi connectivity index (χ0v) is 8.41. The molecule has 0 aliphatic heterocycles. The normalized spacial score (nSPS) is 9.86. The summed E-state index contributed by atoms with van der Waals surface area (Å²) in [7, 11) is 0. The Morgan fingerprint density at radius 2 is 2.07 bits per heavy atom. The molecule has 0 rings (SSSR count). The molecule has 1 amide bonds. The molecule has 0 heterocycles. The number of carbonyl (C=O) groups is 2. The summed E-state index contributed by atoms with van der Waals surface area (Å²) in [5.74, 6) is -0.390. The first-order chi connectivity index (χ1) is 6.66. The van der Waals surface area contributed by atoms with E-state index in [9.17, 15) is 9.59 Å². The predicted octanol–water partition coefficient (Wildman–Crippen LogP) is -0.519. The largest absolute Gasteiger partial charge is 0.394 e. The van der Waals surface area contributed by atoms with Gasteiger partial charge >= 0.3 is 0 Å². The van der Waals surface area contributed by atoms with Crippen molar-refractivity contribution in [2.75, 3.05) is 26.4 Å². The number of ketones is 1. The van der Waals surface area contributed by atoms with Crippen LogP contribution in [0.3, 0.4) is 0 Å². The van der Waals surface area contributed by atoms with Gasteiger partial charge in [-0.15, -0.1) is 0 Å². The summed E-state index contributed by atoms with van der Waals surface area (Å²) in [6.07, 6.45) is 0.626. The number of Topliss-reactive ketones (excluding diaryl/α,β-unsaturated/α-hetero) is 1. The molecule has 2 N–H and O–H groups in total. The van der Waals surface area contributed by atoms with Crippen LogP contribution < -0.4 is 5.32 Å². The smallest absolute Gasteiger partial charge is 0.227 e. The number of hydrogen-bond donors (Lipinski definition) is 2. The number of rotatable bonds is 8. The third-order valence-electron chi connectivity index (χ3n) is 1.43. The Morgan fingerprint density at radius 1 is 1.36 bits per heavy atom. The van der Waals surface area contributed by atoms with Gasteiger partial charge in [0.15, 0.2) is 0 Å². The van der Waals surface area contributed by atoms with E-state index < -0.39 is 0 Å². The molecule has 14 heavy (non-hydrogen) atoms. The molecule has 0 radical (unpaired) electrons. The van der Waals surface area contributed by atoms with Crippen LogP contribution >= 0.6 is 0 Å². The highest BCUT2D eigenvalue weighted by Crippen LogP contribution is 1.84. The van der Waals surface area contributed by atoms with Crippen LogP contribution in [0.2, 0.25) is 0 Å². The minimum absolute atomic E-state index is 0.0106. The van der Waals surface area contributed by atoms with Crippen LogP contribution in [0.5, 0.6) is 0 Å². The van der Waals surface area contributed by atoms with Crippen LogP contribution in [-0.4, -0.2) is 43.2 Å². The van der Waals surface area contributed by atoms with Crippen LogP contribution in [0.25, 0.3) is 0 Å². The summed E-state index contributed by atoms with van der Waals surface area (Å²) in [6.45, 7) is 2.71. The highest BCUT2D eigenvalue weighted by Gasteiger charge is 2.02. The molecule has 0 unspecified atom stereocenters. The van der Waals surface area contributed by atoms with Crippen molar-refractivity contribution in [1.29, 1.82) is 0 Å². The number of ether oxygens (including phenoxy) is 1. The lowest BCUT2D eigenvalue weighted by Crippen LogP contribution is -2.26. The number of amides is 1. The standard InChI is InChI=1S/C9H17NO4/c1-8(12)7-9(13)10-3-2-5-14-6-4-11/h11H,2-7H2,1H3,(H,10,13). The summed E-state index contributed by atoms with van der Waals surface area (Å²) in [4.78, 5) is 21.4. The third-order valence-corrected chi connectivity index (χ3v) is 1.43. The molecule has 0 aromatic carbocycles. The average molecular weight is 203 g/mol. The molecule has 5 nitrogen and oxygen atoms in total. The van der Waals surface area contributed by atoms with Gasteiger partial charge in [-0.2, -0.15) is 0 Å². The van der Waals surface area contributed by atoms with E-state index in [0.29, 0.717) is 26.2 Å². The second-order valence-electron chi connectivity index (χ2n) is 2.92. The second-order valence-corrected chi connectivity index (χ2v) is 2.92. The fraction of sp³-hybridized carbons (Fsp3) is 0.778. The van der Waals surface area contributed by atoms with Crippen molar-refractivity contribution >= 4 is 11.7 Å². The predicted molar refractivity (Wildman–Crippen MR) is 50.8 cm³/mol. The van der Waals surface area contributed by atoms with Crippen molar-refractivity contribution in [2.45, 2.75) is 19.8 Å². The molecule has 0 aliphatic carbocycles. The zero-order valence-electron chi connectivity index (χ0n) is 8.41. The summed E-state index contributed by atoms with van der Waals surface area (Å²) >= 11 is 0. The molecular weight excluding hydrogens is 186 g/mol. The Morgan fingerprint density at radius 3 is 2.64 bits per heavy atom. The topological polar surface area (TPSA) is 75.6 Å². The molecule has 0 atom stereocenters. The van der Waals surface area contributed by atoms with Crippen LogP contribution in [0.1, 0.15) is 19.8 Å². The summed E-state index contributed by atoms with van der Waals surface area (Å²) < 4.78 is 4.98. The maximum Gasteiger partial charge on any atom is 0.227 e. The first-order valence-corrected chi connectivity index (χ1v) is 4.61. The maximum atomic E-state index is 10.9. The Balaban J connectivity index is 3.19. The Hall–Kier alpha value is -0.940. The molecule has 0 aromatic rings. The lowest BCUT2D eigenvalue weighted by molar-refractivity contribution is -0.127. The van der Waals surface area contributed by atoms with Gasteiger partial charge in [0.2, 0.25) is 5.91 Å². The van der Waals surface area contributed by atoms with Gasteiger partial charge in [-0.3, -0.25) is 9.59 Å². The summed E-state index contributed by atoms with van der Waals surface area (Å²) in [5.41, 5.74) is 0. The van der Waals surface area contributed by atoms with Crippen molar-refractivity contribution < 1.29 is 19.4 Å². The van der Waals surface area contributed by atoms with E-state index in [1.807, 2.05) is 0 Å². The Kier molecular flexibility index (Phi) is 8.07. The van der Waals surface area contributed by atoms with E-state index in [1.165, 1.54) is 6.92 Å². The number of nitrogens with one attached hydrogen (secondary N) is 1. The highest BCUT2D eigenvalue weighted by molar-refractivity contribution is 5.96. The molecule has 0 spiro atoms. The van der Waals surface area contributed by atoms with E-state index in [2.05, 4.69) is 5.32 Å². The highest BCUT2D eigenvalue weighted by atomic mass is 16.5. The molecule has 82 valence electrons. The maximum absolute atomic E-state index is 10.9. The second kappa shape index (κ2) is 8.65. The van der Waals surface area contributed by atoms with Gasteiger partial charge in [0.05, 0.1) is 19.6 Å². The number of aliphatic hydroxyl groups is 1. The third kappa shape index (κ3) is 9.15. The van der Waals surface area contributed by atoms with Crippen molar-refractivity contribution in [3.8, 4) is 0 Å². The van der Waals surface area contributed by atoms with Crippen LogP contribution in [0, 0.1) is 0 Å². The first-order valence-electron chi connectivity index (χ1n) is 4.61. The lowest BCUT2D eigenvalue weighted by atomic mass is 10.3. The van der Waals surface area contributed by atoms with Gasteiger partial charge in [-0.05, 0) is 13.3 Å². The molecule has 0 aliphatic rings. The fourth-order valence-corrected chi connectivity index (χ4v) is 0.857. The van der Waals surface area contributed by atoms with E-state index in [4.69, 9.17) is 9.84 Å². The molecule has 0 saturated carbocycles. The van der Waals surface area contributed by atoms with Crippen LogP contribution in [-0.2, 0) is 14.3 Å². The van der Waals surface area contributed by atoms with Gasteiger partial charge in [0.25, 0.3) is 0 Å². The Bertz CT molecular complexity index is 182. The van der Waals surface area contributed by atoms with Gasteiger partial charge in [-0.25, -0.2) is 0 Å².